The summed E-state index contributed by atoms with van der Waals surface area (Å²) >= 11 is 0. The van der Waals surface area contributed by atoms with Crippen molar-refractivity contribution in [1.82, 2.24) is 0 Å². The van der Waals surface area contributed by atoms with Crippen LogP contribution in [0.5, 0.6) is 0 Å². The molecule has 2 rings (SSSR count). The topological polar surface area (TPSA) is 39.2 Å². The van der Waals surface area contributed by atoms with Gasteiger partial charge in [0.2, 0.25) is 0 Å². The minimum atomic E-state index is -0.510. The average molecular weight is 169 g/mol. The summed E-state index contributed by atoms with van der Waals surface area (Å²) in [5.41, 5.74) is 5.58. The molecule has 12 heavy (non-hydrogen) atoms. The fourth-order valence-electron chi connectivity index (χ4n) is 1.75. The Kier molecular flexibility index (Phi) is 1.68. The first-order valence-corrected chi connectivity index (χ1v) is 4.23. The van der Waals surface area contributed by atoms with Crippen molar-refractivity contribution in [3.63, 3.8) is 0 Å². The third kappa shape index (κ3) is 0.966. The van der Waals surface area contributed by atoms with Gasteiger partial charge in [-0.25, -0.2) is 0 Å². The van der Waals surface area contributed by atoms with Crippen LogP contribution in [-0.4, -0.2) is 6.54 Å². The molecule has 1 aliphatic carbocycles. The summed E-state index contributed by atoms with van der Waals surface area (Å²) in [6.45, 7) is 0.556. The molecule has 0 aromatic carbocycles. The third-order valence-corrected chi connectivity index (χ3v) is 2.80. The maximum absolute atomic E-state index is 12.5. The summed E-state index contributed by atoms with van der Waals surface area (Å²) in [5.74, 6) is 0.716. The van der Waals surface area contributed by atoms with Crippen molar-refractivity contribution in [2.24, 2.45) is 5.73 Å². The molecule has 2 N–H and O–H groups in total. The van der Waals surface area contributed by atoms with Gasteiger partial charge in [0.25, 0.3) is 6.01 Å². The highest BCUT2D eigenvalue weighted by Crippen LogP contribution is 2.43. The molecule has 0 saturated heterocycles. The molecule has 1 heterocycles. The highest BCUT2D eigenvalue weighted by molar-refractivity contribution is 5.18. The van der Waals surface area contributed by atoms with E-state index in [1.54, 1.807) is 6.07 Å². The molecule has 1 aromatic rings. The normalized spacial score (nSPS) is 20.5. The highest BCUT2D eigenvalue weighted by Gasteiger charge is 2.40. The van der Waals surface area contributed by atoms with Gasteiger partial charge in [0, 0.05) is 18.0 Å². The largest absolute Gasteiger partial charge is 0.436 e. The molecule has 66 valence electrons. The lowest BCUT2D eigenvalue weighted by molar-refractivity contribution is 0.188. The number of hydrogen-bond donors (Lipinski definition) is 1. The van der Waals surface area contributed by atoms with E-state index >= 15 is 0 Å². The lowest BCUT2D eigenvalue weighted by Gasteiger charge is -2.38. The number of nitrogens with two attached hydrogens (primary N) is 1. The lowest BCUT2D eigenvalue weighted by Crippen LogP contribution is -2.41. The molecular formula is C9H12FNO. The van der Waals surface area contributed by atoms with Crippen molar-refractivity contribution in [3.8, 4) is 0 Å². The Morgan fingerprint density at radius 3 is 2.58 bits per heavy atom. The van der Waals surface area contributed by atoms with E-state index in [1.165, 1.54) is 12.5 Å². The molecule has 1 fully saturated rings. The van der Waals surface area contributed by atoms with Crippen LogP contribution in [0.15, 0.2) is 16.5 Å². The number of furan rings is 1. The van der Waals surface area contributed by atoms with E-state index in [0.717, 1.165) is 12.8 Å². The molecule has 0 bridgehead atoms. The monoisotopic (exact) mass is 169 g/mol. The van der Waals surface area contributed by atoms with Gasteiger partial charge < -0.3 is 10.2 Å². The fraction of sp³-hybridized carbons (Fsp3) is 0.556. The Balaban J connectivity index is 2.27. The quantitative estimate of drug-likeness (QED) is 0.733. The minimum Gasteiger partial charge on any atom is -0.436 e. The van der Waals surface area contributed by atoms with Gasteiger partial charge in [-0.15, -0.1) is 0 Å². The Labute approximate surface area is 70.6 Å². The fourth-order valence-corrected chi connectivity index (χ4v) is 1.75. The zero-order valence-electron chi connectivity index (χ0n) is 6.85. The molecule has 0 radical (unpaired) electrons. The molecule has 3 heteroatoms. The Hall–Kier alpha value is -0.830. The van der Waals surface area contributed by atoms with Crippen LogP contribution in [0.1, 0.15) is 25.0 Å². The van der Waals surface area contributed by atoms with Gasteiger partial charge >= 0.3 is 0 Å². The summed E-state index contributed by atoms with van der Waals surface area (Å²) in [6.07, 6.45) is 3.21. The maximum Gasteiger partial charge on any atom is 0.277 e. The maximum atomic E-state index is 12.5. The molecular weight excluding hydrogens is 157 g/mol. The van der Waals surface area contributed by atoms with Crippen LogP contribution in [-0.2, 0) is 5.41 Å². The summed E-state index contributed by atoms with van der Waals surface area (Å²) < 4.78 is 17.5. The lowest BCUT2D eigenvalue weighted by atomic mass is 9.67. The van der Waals surface area contributed by atoms with E-state index in [9.17, 15) is 4.39 Å². The number of rotatable bonds is 2. The van der Waals surface area contributed by atoms with E-state index in [1.807, 2.05) is 0 Å². The molecule has 0 amide bonds. The van der Waals surface area contributed by atoms with Crippen LogP contribution in [0.25, 0.3) is 0 Å². The average Bonchev–Trinajstić information content (AvgIpc) is 2.35. The second kappa shape index (κ2) is 2.59. The van der Waals surface area contributed by atoms with Crippen LogP contribution >= 0.6 is 0 Å². The molecule has 0 aliphatic heterocycles. The second-order valence-electron chi connectivity index (χ2n) is 3.44. The molecule has 0 atom stereocenters. The van der Waals surface area contributed by atoms with Crippen molar-refractivity contribution in [2.45, 2.75) is 24.7 Å². The molecule has 1 aromatic heterocycles. The molecule has 1 saturated carbocycles. The van der Waals surface area contributed by atoms with E-state index in [0.29, 0.717) is 12.3 Å². The van der Waals surface area contributed by atoms with Crippen LogP contribution < -0.4 is 5.73 Å². The predicted octanol–water partition coefficient (Wildman–Crippen LogP) is 1.80. The van der Waals surface area contributed by atoms with E-state index in [-0.39, 0.29) is 5.41 Å². The molecule has 0 spiro atoms. The first-order chi connectivity index (χ1) is 5.77. The minimum absolute atomic E-state index is 0.0513. The van der Waals surface area contributed by atoms with Crippen LogP contribution in [0, 0.1) is 6.01 Å². The van der Waals surface area contributed by atoms with Crippen LogP contribution in [0.2, 0.25) is 0 Å². The van der Waals surface area contributed by atoms with E-state index in [2.05, 4.69) is 0 Å². The van der Waals surface area contributed by atoms with Gasteiger partial charge in [0.05, 0.1) is 0 Å². The van der Waals surface area contributed by atoms with Gasteiger partial charge in [-0.1, -0.05) is 6.42 Å². The molecule has 2 nitrogen and oxygen atoms in total. The van der Waals surface area contributed by atoms with Gasteiger partial charge in [-0.3, -0.25) is 0 Å². The highest BCUT2D eigenvalue weighted by atomic mass is 19.1. The van der Waals surface area contributed by atoms with E-state index in [4.69, 9.17) is 10.2 Å². The first-order valence-electron chi connectivity index (χ1n) is 4.23. The van der Waals surface area contributed by atoms with Crippen molar-refractivity contribution < 1.29 is 8.81 Å². The summed E-state index contributed by atoms with van der Waals surface area (Å²) in [4.78, 5) is 0. The Bertz CT molecular complexity index is 272. The molecule has 1 aliphatic rings. The Morgan fingerprint density at radius 1 is 1.50 bits per heavy atom. The van der Waals surface area contributed by atoms with Crippen molar-refractivity contribution in [3.05, 3.63) is 23.9 Å². The first kappa shape index (κ1) is 7.80. The van der Waals surface area contributed by atoms with Crippen LogP contribution in [0.3, 0.4) is 0 Å². The smallest absolute Gasteiger partial charge is 0.277 e. The predicted molar refractivity (Wildman–Crippen MR) is 43.2 cm³/mol. The number of halogens is 1. The zero-order valence-corrected chi connectivity index (χ0v) is 6.85. The van der Waals surface area contributed by atoms with Gasteiger partial charge in [0.1, 0.15) is 5.76 Å². The van der Waals surface area contributed by atoms with Gasteiger partial charge in [-0.2, -0.15) is 4.39 Å². The van der Waals surface area contributed by atoms with Gasteiger partial charge in [-0.05, 0) is 18.9 Å². The van der Waals surface area contributed by atoms with Crippen molar-refractivity contribution in [1.29, 1.82) is 0 Å². The SMILES string of the molecule is NCC1(c2ccc(F)o2)CCC1. The van der Waals surface area contributed by atoms with Crippen molar-refractivity contribution >= 4 is 0 Å². The Morgan fingerprint density at radius 2 is 2.25 bits per heavy atom. The van der Waals surface area contributed by atoms with Gasteiger partial charge in [0.15, 0.2) is 0 Å². The zero-order chi connectivity index (χ0) is 8.60. The standard InChI is InChI=1S/C9H12FNO/c10-8-3-2-7(12-8)9(6-11)4-1-5-9/h2-3H,1,4-6,11H2. The van der Waals surface area contributed by atoms with Crippen LogP contribution in [0.4, 0.5) is 4.39 Å². The number of hydrogen-bond acceptors (Lipinski definition) is 2. The summed E-state index contributed by atoms with van der Waals surface area (Å²) in [5, 5.41) is 0. The molecule has 0 unspecified atom stereocenters. The third-order valence-electron chi connectivity index (χ3n) is 2.80. The summed E-state index contributed by atoms with van der Waals surface area (Å²) in [7, 11) is 0. The van der Waals surface area contributed by atoms with E-state index < -0.39 is 6.01 Å². The summed E-state index contributed by atoms with van der Waals surface area (Å²) in [6, 6.07) is 2.54. The van der Waals surface area contributed by atoms with Crippen molar-refractivity contribution in [2.75, 3.05) is 6.54 Å². The second-order valence-corrected chi connectivity index (χ2v) is 3.44.